The fourth-order valence-electron chi connectivity index (χ4n) is 1.64. The van der Waals surface area contributed by atoms with Crippen LogP contribution >= 0.6 is 0 Å². The summed E-state index contributed by atoms with van der Waals surface area (Å²) in [4.78, 5) is 0. The van der Waals surface area contributed by atoms with Crippen molar-refractivity contribution in [1.82, 2.24) is 14.9 Å². The summed E-state index contributed by atoms with van der Waals surface area (Å²) in [7, 11) is 0. The lowest BCUT2D eigenvalue weighted by Crippen LogP contribution is -2.38. The lowest BCUT2D eigenvalue weighted by molar-refractivity contribution is 0.230. The summed E-state index contributed by atoms with van der Waals surface area (Å²) in [6, 6.07) is 0. The fraction of sp³-hybridized carbons (Fsp3) is 0.778. The van der Waals surface area contributed by atoms with Crippen molar-refractivity contribution in [3.8, 4) is 0 Å². The molecule has 1 aliphatic heterocycles. The van der Waals surface area contributed by atoms with Gasteiger partial charge in [-0.05, 0) is 11.3 Å². The van der Waals surface area contributed by atoms with Gasteiger partial charge in [0.15, 0.2) is 5.82 Å². The Bertz CT molecular complexity index is 297. The van der Waals surface area contributed by atoms with Crippen molar-refractivity contribution < 1.29 is 0 Å². The predicted octanol–water partition coefficient (Wildman–Crippen LogP) is 1.04. The molecule has 2 heterocycles. The third kappa shape index (κ3) is 1.53. The molecule has 1 unspecified atom stereocenters. The summed E-state index contributed by atoms with van der Waals surface area (Å²) in [6.45, 7) is 7.82. The highest BCUT2D eigenvalue weighted by Gasteiger charge is 2.29. The number of rotatable bonds is 0. The van der Waals surface area contributed by atoms with Crippen LogP contribution in [0.2, 0.25) is 0 Å². The largest absolute Gasteiger partial charge is 0.323 e. The van der Waals surface area contributed by atoms with Crippen LogP contribution in [-0.4, -0.2) is 21.4 Å². The third-order valence-electron chi connectivity index (χ3n) is 2.78. The first-order chi connectivity index (χ1) is 6.07. The number of aromatic nitrogens is 3. The lowest BCUT2D eigenvalue weighted by Gasteiger charge is -2.34. The molecule has 0 radical (unpaired) electrons. The Morgan fingerprint density at radius 1 is 1.54 bits per heavy atom. The number of nitrogens with zero attached hydrogens (tertiary/aromatic N) is 3. The van der Waals surface area contributed by atoms with Crippen LogP contribution in [0.5, 0.6) is 0 Å². The molecule has 0 bridgehead atoms. The van der Waals surface area contributed by atoms with Crippen LogP contribution in [0.25, 0.3) is 0 Å². The van der Waals surface area contributed by atoms with Gasteiger partial charge in [-0.1, -0.05) is 20.8 Å². The maximum Gasteiger partial charge on any atom is 0.152 e. The molecule has 0 aromatic carbocycles. The SMILES string of the molecule is CC(C)(C)C1CNn2cnnc2C1. The van der Waals surface area contributed by atoms with E-state index in [1.54, 1.807) is 6.33 Å². The Balaban J connectivity index is 2.18. The minimum atomic E-state index is 0.337. The molecule has 0 saturated heterocycles. The van der Waals surface area contributed by atoms with Gasteiger partial charge in [-0.25, -0.2) is 4.68 Å². The maximum atomic E-state index is 4.07. The van der Waals surface area contributed by atoms with E-state index in [2.05, 4.69) is 36.4 Å². The first-order valence-electron chi connectivity index (χ1n) is 4.70. The van der Waals surface area contributed by atoms with Crippen molar-refractivity contribution >= 4 is 0 Å². The van der Waals surface area contributed by atoms with Crippen LogP contribution in [0, 0.1) is 11.3 Å². The topological polar surface area (TPSA) is 42.7 Å². The second-order valence-corrected chi connectivity index (χ2v) is 4.75. The molecular formula is C9H16N4. The molecule has 4 nitrogen and oxygen atoms in total. The normalized spacial score (nSPS) is 22.2. The van der Waals surface area contributed by atoms with Gasteiger partial charge in [0, 0.05) is 13.0 Å². The van der Waals surface area contributed by atoms with Gasteiger partial charge in [0.05, 0.1) is 0 Å². The van der Waals surface area contributed by atoms with Gasteiger partial charge < -0.3 is 5.43 Å². The van der Waals surface area contributed by atoms with Crippen molar-refractivity contribution in [1.29, 1.82) is 0 Å². The predicted molar refractivity (Wildman–Crippen MR) is 50.9 cm³/mol. The molecule has 1 atom stereocenters. The van der Waals surface area contributed by atoms with Gasteiger partial charge in [-0.15, -0.1) is 10.2 Å². The van der Waals surface area contributed by atoms with E-state index < -0.39 is 0 Å². The van der Waals surface area contributed by atoms with E-state index >= 15 is 0 Å². The van der Waals surface area contributed by atoms with Gasteiger partial charge >= 0.3 is 0 Å². The van der Waals surface area contributed by atoms with Gasteiger partial charge in [-0.2, -0.15) is 0 Å². The van der Waals surface area contributed by atoms with Crippen molar-refractivity contribution in [2.45, 2.75) is 27.2 Å². The Hall–Kier alpha value is -1.06. The molecule has 1 N–H and O–H groups in total. The van der Waals surface area contributed by atoms with Crippen molar-refractivity contribution in [3.05, 3.63) is 12.2 Å². The molecule has 4 heteroatoms. The molecule has 0 aliphatic carbocycles. The summed E-state index contributed by atoms with van der Waals surface area (Å²) in [5.74, 6) is 1.69. The third-order valence-corrected chi connectivity index (χ3v) is 2.78. The Kier molecular flexibility index (Phi) is 1.78. The molecule has 0 saturated carbocycles. The zero-order valence-electron chi connectivity index (χ0n) is 8.41. The quantitative estimate of drug-likeness (QED) is 0.648. The molecular weight excluding hydrogens is 164 g/mol. The highest BCUT2D eigenvalue weighted by Crippen LogP contribution is 2.29. The second kappa shape index (κ2) is 2.72. The van der Waals surface area contributed by atoms with E-state index in [0.29, 0.717) is 11.3 Å². The van der Waals surface area contributed by atoms with E-state index in [1.807, 2.05) is 4.68 Å². The van der Waals surface area contributed by atoms with Gasteiger partial charge in [0.1, 0.15) is 6.33 Å². The molecule has 0 amide bonds. The summed E-state index contributed by atoms with van der Waals surface area (Å²) >= 11 is 0. The number of hydrogen-bond acceptors (Lipinski definition) is 3. The molecule has 13 heavy (non-hydrogen) atoms. The van der Waals surface area contributed by atoms with Crippen LogP contribution in [-0.2, 0) is 6.42 Å². The Morgan fingerprint density at radius 3 is 3.00 bits per heavy atom. The van der Waals surface area contributed by atoms with E-state index in [4.69, 9.17) is 0 Å². The zero-order valence-corrected chi connectivity index (χ0v) is 8.41. The smallest absolute Gasteiger partial charge is 0.152 e. The summed E-state index contributed by atoms with van der Waals surface area (Å²) < 4.78 is 1.92. The van der Waals surface area contributed by atoms with E-state index in [0.717, 1.165) is 18.8 Å². The molecule has 1 aliphatic rings. The zero-order chi connectivity index (χ0) is 9.47. The average molecular weight is 180 g/mol. The molecule has 0 fully saturated rings. The van der Waals surface area contributed by atoms with Gasteiger partial charge in [-0.3, -0.25) is 0 Å². The van der Waals surface area contributed by atoms with Crippen molar-refractivity contribution in [2.24, 2.45) is 11.3 Å². The monoisotopic (exact) mass is 180 g/mol. The molecule has 1 aromatic heterocycles. The highest BCUT2D eigenvalue weighted by molar-refractivity contribution is 5.00. The minimum absolute atomic E-state index is 0.337. The highest BCUT2D eigenvalue weighted by atomic mass is 15.5. The van der Waals surface area contributed by atoms with Gasteiger partial charge in [0.2, 0.25) is 0 Å². The molecule has 1 aromatic rings. The molecule has 2 rings (SSSR count). The van der Waals surface area contributed by atoms with Crippen LogP contribution in [0.15, 0.2) is 6.33 Å². The van der Waals surface area contributed by atoms with E-state index in [1.165, 1.54) is 0 Å². The maximum absolute atomic E-state index is 4.07. The minimum Gasteiger partial charge on any atom is -0.323 e. The van der Waals surface area contributed by atoms with Crippen LogP contribution in [0.1, 0.15) is 26.6 Å². The number of nitrogens with one attached hydrogen (secondary N) is 1. The molecule has 72 valence electrons. The summed E-state index contributed by atoms with van der Waals surface area (Å²) in [6.07, 6.45) is 2.75. The summed E-state index contributed by atoms with van der Waals surface area (Å²) in [5.41, 5.74) is 3.63. The fourth-order valence-corrected chi connectivity index (χ4v) is 1.64. The number of hydrogen-bond donors (Lipinski definition) is 1. The number of fused-ring (bicyclic) bond motifs is 1. The Labute approximate surface area is 78.3 Å². The first kappa shape index (κ1) is 8.53. The van der Waals surface area contributed by atoms with Crippen LogP contribution in [0.4, 0.5) is 0 Å². The lowest BCUT2D eigenvalue weighted by atomic mass is 9.78. The van der Waals surface area contributed by atoms with E-state index in [9.17, 15) is 0 Å². The average Bonchev–Trinajstić information content (AvgIpc) is 2.47. The second-order valence-electron chi connectivity index (χ2n) is 4.75. The first-order valence-corrected chi connectivity index (χ1v) is 4.70. The Morgan fingerprint density at radius 2 is 2.31 bits per heavy atom. The van der Waals surface area contributed by atoms with Gasteiger partial charge in [0.25, 0.3) is 0 Å². The van der Waals surface area contributed by atoms with E-state index in [-0.39, 0.29) is 0 Å². The van der Waals surface area contributed by atoms with Crippen LogP contribution in [0.3, 0.4) is 0 Å². The molecule has 0 spiro atoms. The van der Waals surface area contributed by atoms with Crippen molar-refractivity contribution in [2.75, 3.05) is 12.0 Å². The summed E-state index contributed by atoms with van der Waals surface area (Å²) in [5, 5.41) is 7.94. The van der Waals surface area contributed by atoms with Crippen molar-refractivity contribution in [3.63, 3.8) is 0 Å². The standard InChI is InChI=1S/C9H16N4/c1-9(2,3)7-4-8-12-10-6-13(8)11-5-7/h6-7,11H,4-5H2,1-3H3. The van der Waals surface area contributed by atoms with Crippen LogP contribution < -0.4 is 5.43 Å².